The highest BCUT2D eigenvalue weighted by Crippen LogP contribution is 2.30. The van der Waals surface area contributed by atoms with E-state index in [9.17, 15) is 4.79 Å². The lowest BCUT2D eigenvalue weighted by Gasteiger charge is -2.13. The summed E-state index contributed by atoms with van der Waals surface area (Å²) in [5.74, 6) is 1.33. The number of isocyanates is 1. The molecule has 0 atom stereocenters. The fraction of sp³-hybridized carbons (Fsp3) is 0.417. The number of ether oxygens (including phenoxy) is 3. The summed E-state index contributed by atoms with van der Waals surface area (Å²) in [4.78, 5) is 13.7. The maximum absolute atomic E-state index is 10.2. The molecule has 0 unspecified atom stereocenters. The Morgan fingerprint density at radius 1 is 1.18 bits per heavy atom. The summed E-state index contributed by atoms with van der Waals surface area (Å²) in [6, 6.07) is 3.61. The van der Waals surface area contributed by atoms with Crippen molar-refractivity contribution in [1.29, 1.82) is 0 Å². The van der Waals surface area contributed by atoms with E-state index in [-0.39, 0.29) is 6.54 Å². The minimum atomic E-state index is 0.209. The fourth-order valence-corrected chi connectivity index (χ4v) is 1.60. The quantitative estimate of drug-likeness (QED) is 0.558. The van der Waals surface area contributed by atoms with Gasteiger partial charge in [0.1, 0.15) is 11.5 Å². The van der Waals surface area contributed by atoms with Crippen molar-refractivity contribution < 1.29 is 19.0 Å². The zero-order valence-electron chi connectivity index (χ0n) is 10.1. The summed E-state index contributed by atoms with van der Waals surface area (Å²) < 4.78 is 15.6. The Morgan fingerprint density at radius 3 is 2.41 bits per heavy atom. The van der Waals surface area contributed by atoms with Crippen molar-refractivity contribution in [2.75, 3.05) is 21.3 Å². The number of nitrogens with zero attached hydrogens (tertiary/aromatic N) is 1. The van der Waals surface area contributed by atoms with Gasteiger partial charge in [0.2, 0.25) is 6.08 Å². The van der Waals surface area contributed by atoms with Crippen LogP contribution in [0.1, 0.15) is 11.1 Å². The second-order valence-corrected chi connectivity index (χ2v) is 3.32. The third-order valence-electron chi connectivity index (χ3n) is 2.27. The van der Waals surface area contributed by atoms with Gasteiger partial charge in [-0.2, -0.15) is 0 Å². The molecule has 0 bridgehead atoms. The van der Waals surface area contributed by atoms with E-state index in [4.69, 9.17) is 14.2 Å². The molecule has 0 aliphatic rings. The second kappa shape index (κ2) is 6.68. The lowest BCUT2D eigenvalue weighted by molar-refractivity contribution is 0.181. The zero-order chi connectivity index (χ0) is 12.7. The fourth-order valence-electron chi connectivity index (χ4n) is 1.60. The Hall–Kier alpha value is -1.84. The van der Waals surface area contributed by atoms with E-state index in [0.29, 0.717) is 18.1 Å². The van der Waals surface area contributed by atoms with E-state index in [1.807, 2.05) is 6.07 Å². The van der Waals surface area contributed by atoms with E-state index in [2.05, 4.69) is 4.99 Å². The van der Waals surface area contributed by atoms with E-state index in [1.54, 1.807) is 27.4 Å². The van der Waals surface area contributed by atoms with Crippen LogP contribution in [0.3, 0.4) is 0 Å². The van der Waals surface area contributed by atoms with Crippen molar-refractivity contribution >= 4 is 6.08 Å². The van der Waals surface area contributed by atoms with Crippen molar-refractivity contribution in [2.45, 2.75) is 13.2 Å². The Labute approximate surface area is 100 Å². The summed E-state index contributed by atoms with van der Waals surface area (Å²) in [7, 11) is 4.74. The molecule has 0 aromatic heterocycles. The van der Waals surface area contributed by atoms with E-state index < -0.39 is 0 Å². The van der Waals surface area contributed by atoms with Crippen molar-refractivity contribution in [2.24, 2.45) is 4.99 Å². The monoisotopic (exact) mass is 237 g/mol. The summed E-state index contributed by atoms with van der Waals surface area (Å²) in [6.07, 6.45) is 1.50. The topological polar surface area (TPSA) is 57.1 Å². The van der Waals surface area contributed by atoms with Crippen molar-refractivity contribution in [3.05, 3.63) is 23.3 Å². The Balaban J connectivity index is 3.22. The highest BCUT2D eigenvalue weighted by atomic mass is 16.5. The van der Waals surface area contributed by atoms with Crippen molar-refractivity contribution in [1.82, 2.24) is 0 Å². The van der Waals surface area contributed by atoms with Crippen LogP contribution in [0.25, 0.3) is 0 Å². The predicted octanol–water partition coefficient (Wildman–Crippen LogP) is 1.69. The summed E-state index contributed by atoms with van der Waals surface area (Å²) >= 11 is 0. The normalized spacial score (nSPS) is 9.59. The minimum Gasteiger partial charge on any atom is -0.497 e. The van der Waals surface area contributed by atoms with Gasteiger partial charge >= 0.3 is 0 Å². The third kappa shape index (κ3) is 3.31. The average Bonchev–Trinajstić information content (AvgIpc) is 2.36. The smallest absolute Gasteiger partial charge is 0.235 e. The summed E-state index contributed by atoms with van der Waals surface area (Å²) in [5.41, 5.74) is 1.62. The molecule has 0 aliphatic heterocycles. The first-order valence-electron chi connectivity index (χ1n) is 5.03. The van der Waals surface area contributed by atoms with Crippen LogP contribution >= 0.6 is 0 Å². The Morgan fingerprint density at radius 2 is 1.88 bits per heavy atom. The van der Waals surface area contributed by atoms with Crippen LogP contribution in [-0.4, -0.2) is 27.4 Å². The third-order valence-corrected chi connectivity index (χ3v) is 2.27. The highest BCUT2D eigenvalue weighted by Gasteiger charge is 2.11. The molecule has 1 rings (SSSR count). The molecule has 5 heteroatoms. The van der Waals surface area contributed by atoms with Gasteiger partial charge < -0.3 is 14.2 Å². The van der Waals surface area contributed by atoms with Gasteiger partial charge in [0.05, 0.1) is 27.4 Å². The van der Waals surface area contributed by atoms with E-state index >= 15 is 0 Å². The first-order valence-corrected chi connectivity index (χ1v) is 5.03. The number of methoxy groups -OCH3 is 3. The molecule has 0 radical (unpaired) electrons. The second-order valence-electron chi connectivity index (χ2n) is 3.32. The zero-order valence-corrected chi connectivity index (χ0v) is 10.1. The van der Waals surface area contributed by atoms with Crippen LogP contribution in [0.2, 0.25) is 0 Å². The molecule has 0 saturated heterocycles. The molecular weight excluding hydrogens is 222 g/mol. The lowest BCUT2D eigenvalue weighted by atomic mass is 10.1. The number of aliphatic imine (C=N–C) groups is 1. The molecule has 0 spiro atoms. The molecule has 17 heavy (non-hydrogen) atoms. The highest BCUT2D eigenvalue weighted by molar-refractivity contribution is 5.48. The predicted molar refractivity (Wildman–Crippen MR) is 62.1 cm³/mol. The molecule has 0 saturated carbocycles. The largest absolute Gasteiger partial charge is 0.497 e. The van der Waals surface area contributed by atoms with Crippen LogP contribution in [0.5, 0.6) is 11.5 Å². The standard InChI is InChI=1S/C12H15NO4/c1-15-7-10-5-11(16-2)4-9(6-13-8-14)12(10)17-3/h4-5H,6-7H2,1-3H3. The van der Waals surface area contributed by atoms with Gasteiger partial charge in [-0.25, -0.2) is 9.79 Å². The van der Waals surface area contributed by atoms with Gasteiger partial charge in [-0.05, 0) is 12.1 Å². The summed E-state index contributed by atoms with van der Waals surface area (Å²) in [5, 5.41) is 0. The van der Waals surface area contributed by atoms with Crippen LogP contribution in [0.4, 0.5) is 0 Å². The van der Waals surface area contributed by atoms with Crippen LogP contribution in [0.15, 0.2) is 17.1 Å². The Bertz CT molecular complexity index is 425. The van der Waals surface area contributed by atoms with E-state index in [0.717, 1.165) is 11.1 Å². The molecule has 0 aliphatic carbocycles. The number of benzene rings is 1. The minimum absolute atomic E-state index is 0.209. The average molecular weight is 237 g/mol. The van der Waals surface area contributed by atoms with Gasteiger partial charge in [0, 0.05) is 18.2 Å². The molecule has 0 fully saturated rings. The number of carbonyl (C=O) groups excluding carboxylic acids is 1. The van der Waals surface area contributed by atoms with Crippen LogP contribution in [-0.2, 0) is 22.7 Å². The van der Waals surface area contributed by atoms with Gasteiger partial charge in [0.25, 0.3) is 0 Å². The van der Waals surface area contributed by atoms with Crippen LogP contribution in [0, 0.1) is 0 Å². The van der Waals surface area contributed by atoms with Crippen molar-refractivity contribution in [3.8, 4) is 11.5 Å². The molecule has 5 nitrogen and oxygen atoms in total. The molecule has 0 N–H and O–H groups in total. The number of rotatable bonds is 6. The van der Waals surface area contributed by atoms with Gasteiger partial charge in [-0.1, -0.05) is 0 Å². The van der Waals surface area contributed by atoms with Gasteiger partial charge in [0.15, 0.2) is 0 Å². The Kier molecular flexibility index (Phi) is 5.20. The van der Waals surface area contributed by atoms with E-state index in [1.165, 1.54) is 6.08 Å². The molecule has 1 aromatic rings. The molecule has 1 aromatic carbocycles. The first kappa shape index (κ1) is 13.2. The van der Waals surface area contributed by atoms with Crippen LogP contribution < -0.4 is 9.47 Å². The SMILES string of the molecule is COCc1cc(OC)cc(CN=C=O)c1OC. The maximum atomic E-state index is 10.2. The summed E-state index contributed by atoms with van der Waals surface area (Å²) in [6.45, 7) is 0.610. The molecular formula is C12H15NO4. The number of hydrogen-bond donors (Lipinski definition) is 0. The first-order chi connectivity index (χ1) is 8.26. The maximum Gasteiger partial charge on any atom is 0.235 e. The van der Waals surface area contributed by atoms with Gasteiger partial charge in [-0.15, -0.1) is 0 Å². The molecule has 0 heterocycles. The van der Waals surface area contributed by atoms with Gasteiger partial charge in [-0.3, -0.25) is 0 Å². The number of hydrogen-bond acceptors (Lipinski definition) is 5. The molecule has 0 amide bonds. The van der Waals surface area contributed by atoms with Crippen molar-refractivity contribution in [3.63, 3.8) is 0 Å². The lowest BCUT2D eigenvalue weighted by Crippen LogP contribution is -2.00. The molecule has 92 valence electrons.